The van der Waals surface area contributed by atoms with Gasteiger partial charge in [0.25, 0.3) is 0 Å². The number of rotatable bonds is 9. The number of aryl methyl sites for hydroxylation is 1. The molecular weight excluding hydrogens is 314 g/mol. The molecule has 0 spiro atoms. The van der Waals surface area contributed by atoms with Crippen molar-refractivity contribution < 1.29 is 13.2 Å². The van der Waals surface area contributed by atoms with Gasteiger partial charge in [0, 0.05) is 32.6 Å². The maximum absolute atomic E-state index is 12.0. The number of likely N-dealkylation sites (N-methyl/N-ethyl adjacent to an activating group) is 1. The fraction of sp³-hybridized carbons (Fsp3) is 0.562. The van der Waals surface area contributed by atoms with E-state index in [0.29, 0.717) is 6.54 Å². The molecule has 0 aliphatic heterocycles. The molecule has 0 radical (unpaired) electrons. The SMILES string of the molecule is Cc1ccccc1CN(CCC(=O)NCCN(C)C)S(C)(=O)=O. The van der Waals surface area contributed by atoms with Crippen LogP contribution in [0.2, 0.25) is 0 Å². The molecule has 1 aromatic carbocycles. The molecule has 0 bridgehead atoms. The number of carbonyl (C=O) groups excluding carboxylic acids is 1. The van der Waals surface area contributed by atoms with Gasteiger partial charge in [-0.2, -0.15) is 4.31 Å². The zero-order valence-corrected chi connectivity index (χ0v) is 15.2. The Labute approximate surface area is 139 Å². The predicted molar refractivity (Wildman–Crippen MR) is 92.6 cm³/mol. The molecule has 0 aromatic heterocycles. The monoisotopic (exact) mass is 341 g/mol. The van der Waals surface area contributed by atoms with E-state index in [-0.39, 0.29) is 25.4 Å². The molecule has 23 heavy (non-hydrogen) atoms. The zero-order chi connectivity index (χ0) is 17.5. The van der Waals surface area contributed by atoms with Gasteiger partial charge >= 0.3 is 0 Å². The Morgan fingerprint density at radius 3 is 2.39 bits per heavy atom. The van der Waals surface area contributed by atoms with E-state index < -0.39 is 10.0 Å². The van der Waals surface area contributed by atoms with Crippen LogP contribution in [0.4, 0.5) is 0 Å². The molecule has 0 aliphatic rings. The average molecular weight is 341 g/mol. The second-order valence-corrected chi connectivity index (χ2v) is 7.91. The van der Waals surface area contributed by atoms with Crippen molar-refractivity contribution in [2.75, 3.05) is 40.0 Å². The van der Waals surface area contributed by atoms with Crippen LogP contribution in [0.1, 0.15) is 17.5 Å². The van der Waals surface area contributed by atoms with Crippen molar-refractivity contribution in [2.24, 2.45) is 0 Å². The molecular formula is C16H27N3O3S. The Morgan fingerprint density at radius 2 is 1.83 bits per heavy atom. The second-order valence-electron chi connectivity index (χ2n) is 5.93. The first-order chi connectivity index (χ1) is 10.7. The summed E-state index contributed by atoms with van der Waals surface area (Å²) in [5.41, 5.74) is 1.99. The van der Waals surface area contributed by atoms with Gasteiger partial charge < -0.3 is 10.2 Å². The molecule has 0 fully saturated rings. The maximum Gasteiger partial charge on any atom is 0.221 e. The first kappa shape index (κ1) is 19.6. The number of hydrogen-bond acceptors (Lipinski definition) is 4. The van der Waals surface area contributed by atoms with Gasteiger partial charge in [-0.1, -0.05) is 24.3 Å². The molecule has 0 saturated carbocycles. The third-order valence-corrected chi connectivity index (χ3v) is 4.80. The lowest BCUT2D eigenvalue weighted by atomic mass is 10.1. The van der Waals surface area contributed by atoms with E-state index in [2.05, 4.69) is 5.32 Å². The van der Waals surface area contributed by atoms with Crippen molar-refractivity contribution in [1.82, 2.24) is 14.5 Å². The number of amides is 1. The molecule has 1 aromatic rings. The normalized spacial score (nSPS) is 11.9. The van der Waals surface area contributed by atoms with Crippen molar-refractivity contribution in [2.45, 2.75) is 19.9 Å². The smallest absolute Gasteiger partial charge is 0.221 e. The molecule has 0 heterocycles. The number of sulfonamides is 1. The first-order valence-electron chi connectivity index (χ1n) is 7.61. The lowest BCUT2D eigenvalue weighted by Gasteiger charge is -2.21. The second kappa shape index (κ2) is 9.00. The van der Waals surface area contributed by atoms with Crippen LogP contribution in [0.5, 0.6) is 0 Å². The third kappa shape index (κ3) is 7.58. The summed E-state index contributed by atoms with van der Waals surface area (Å²) in [6.45, 7) is 3.73. The summed E-state index contributed by atoms with van der Waals surface area (Å²) in [6, 6.07) is 7.66. The summed E-state index contributed by atoms with van der Waals surface area (Å²) in [7, 11) is 0.496. The minimum atomic E-state index is -3.36. The highest BCUT2D eigenvalue weighted by atomic mass is 32.2. The van der Waals surface area contributed by atoms with E-state index in [0.717, 1.165) is 17.7 Å². The van der Waals surface area contributed by atoms with Gasteiger partial charge in [-0.15, -0.1) is 0 Å². The maximum atomic E-state index is 12.0. The quantitative estimate of drug-likeness (QED) is 0.722. The van der Waals surface area contributed by atoms with Crippen LogP contribution in [0.25, 0.3) is 0 Å². The topological polar surface area (TPSA) is 69.7 Å². The molecule has 0 saturated heterocycles. The van der Waals surface area contributed by atoms with Gasteiger partial charge in [-0.25, -0.2) is 8.42 Å². The third-order valence-electron chi connectivity index (χ3n) is 3.55. The van der Waals surface area contributed by atoms with Crippen LogP contribution in [0, 0.1) is 6.92 Å². The highest BCUT2D eigenvalue weighted by Gasteiger charge is 2.18. The number of benzene rings is 1. The van der Waals surface area contributed by atoms with Gasteiger partial charge in [0.1, 0.15) is 0 Å². The molecule has 0 unspecified atom stereocenters. The van der Waals surface area contributed by atoms with Crippen LogP contribution < -0.4 is 5.32 Å². The van der Waals surface area contributed by atoms with E-state index >= 15 is 0 Å². The number of carbonyl (C=O) groups is 1. The fourth-order valence-electron chi connectivity index (χ4n) is 2.07. The molecule has 1 N–H and O–H groups in total. The van der Waals surface area contributed by atoms with Gasteiger partial charge in [-0.05, 0) is 32.1 Å². The van der Waals surface area contributed by atoms with E-state index in [9.17, 15) is 13.2 Å². The van der Waals surface area contributed by atoms with Crippen molar-refractivity contribution in [3.63, 3.8) is 0 Å². The van der Waals surface area contributed by atoms with Crippen LogP contribution >= 0.6 is 0 Å². The van der Waals surface area contributed by atoms with Crippen molar-refractivity contribution in [3.05, 3.63) is 35.4 Å². The summed E-state index contributed by atoms with van der Waals surface area (Å²) in [5.74, 6) is -0.134. The molecule has 1 amide bonds. The molecule has 7 heteroatoms. The van der Waals surface area contributed by atoms with Crippen LogP contribution in [-0.4, -0.2) is 63.5 Å². The van der Waals surface area contributed by atoms with Crippen LogP contribution in [0.15, 0.2) is 24.3 Å². The average Bonchev–Trinajstić information content (AvgIpc) is 2.43. The predicted octanol–water partition coefficient (Wildman–Crippen LogP) is 0.825. The Morgan fingerprint density at radius 1 is 1.17 bits per heavy atom. The Balaban J connectivity index is 2.60. The number of hydrogen-bond donors (Lipinski definition) is 1. The van der Waals surface area contributed by atoms with Gasteiger partial charge in [-0.3, -0.25) is 4.79 Å². The van der Waals surface area contributed by atoms with Gasteiger partial charge in [0.15, 0.2) is 0 Å². The highest BCUT2D eigenvalue weighted by molar-refractivity contribution is 7.88. The van der Waals surface area contributed by atoms with Crippen LogP contribution in [-0.2, 0) is 21.4 Å². The molecule has 6 nitrogen and oxygen atoms in total. The summed E-state index contributed by atoms with van der Waals surface area (Å²) in [4.78, 5) is 13.8. The van der Waals surface area contributed by atoms with E-state index in [1.807, 2.05) is 50.2 Å². The molecule has 0 aliphatic carbocycles. The lowest BCUT2D eigenvalue weighted by Crippen LogP contribution is -2.36. The number of nitrogens with one attached hydrogen (secondary N) is 1. The van der Waals surface area contributed by atoms with Crippen LogP contribution in [0.3, 0.4) is 0 Å². The van der Waals surface area contributed by atoms with E-state index in [1.54, 1.807) is 0 Å². The largest absolute Gasteiger partial charge is 0.355 e. The Hall–Kier alpha value is -1.44. The Kier molecular flexibility index (Phi) is 7.67. The summed E-state index contributed by atoms with van der Waals surface area (Å²) in [5, 5.41) is 2.79. The lowest BCUT2D eigenvalue weighted by molar-refractivity contribution is -0.121. The summed E-state index contributed by atoms with van der Waals surface area (Å²) < 4.78 is 25.2. The van der Waals surface area contributed by atoms with Crippen molar-refractivity contribution >= 4 is 15.9 Å². The van der Waals surface area contributed by atoms with E-state index in [4.69, 9.17) is 0 Å². The van der Waals surface area contributed by atoms with Gasteiger partial charge in [0.05, 0.1) is 6.26 Å². The first-order valence-corrected chi connectivity index (χ1v) is 9.46. The minimum absolute atomic E-state index is 0.134. The molecule has 1 rings (SSSR count). The number of nitrogens with zero attached hydrogens (tertiary/aromatic N) is 2. The van der Waals surface area contributed by atoms with Gasteiger partial charge in [0.2, 0.25) is 15.9 Å². The summed E-state index contributed by atoms with van der Waals surface area (Å²) >= 11 is 0. The Bertz CT molecular complexity index is 615. The highest BCUT2D eigenvalue weighted by Crippen LogP contribution is 2.13. The molecule has 130 valence electrons. The standard InChI is InChI=1S/C16H27N3O3S/c1-14-7-5-6-8-15(14)13-19(23(4,21)22)11-9-16(20)17-10-12-18(2)3/h5-8H,9-13H2,1-4H3,(H,17,20). The zero-order valence-electron chi connectivity index (χ0n) is 14.4. The van der Waals surface area contributed by atoms with Crippen molar-refractivity contribution in [3.8, 4) is 0 Å². The van der Waals surface area contributed by atoms with Crippen molar-refractivity contribution in [1.29, 1.82) is 0 Å². The summed E-state index contributed by atoms with van der Waals surface area (Å²) in [6.07, 6.45) is 1.33. The van der Waals surface area contributed by atoms with E-state index in [1.165, 1.54) is 10.6 Å². The molecule has 0 atom stereocenters. The fourth-order valence-corrected chi connectivity index (χ4v) is 2.87. The minimum Gasteiger partial charge on any atom is -0.355 e.